The lowest BCUT2D eigenvalue weighted by atomic mass is 9.82. The van der Waals surface area contributed by atoms with Crippen LogP contribution in [0.15, 0.2) is 0 Å². The first-order chi connectivity index (χ1) is 3.67. The van der Waals surface area contributed by atoms with Gasteiger partial charge in [-0.1, -0.05) is 13.3 Å². The van der Waals surface area contributed by atoms with E-state index in [-0.39, 0.29) is 4.08 Å². The Balaban J connectivity index is 2.37. The molecule has 1 atom stereocenters. The predicted octanol–water partition coefficient (Wildman–Crippen LogP) is 2.36. The molecule has 1 fully saturated rings. The van der Waals surface area contributed by atoms with Gasteiger partial charge in [-0.25, -0.2) is 0 Å². The molecule has 0 heterocycles. The molecule has 0 saturated heterocycles. The van der Waals surface area contributed by atoms with Crippen LogP contribution in [0, 0.1) is 5.92 Å². The Morgan fingerprint density at radius 3 is 2.25 bits per heavy atom. The molecule has 0 bridgehead atoms. The maximum absolute atomic E-state index is 4.38. The highest BCUT2D eigenvalue weighted by Crippen LogP contribution is 2.48. The Hall–Kier alpha value is 0.700. The molecular formula is C6H12S2. The van der Waals surface area contributed by atoms with Gasteiger partial charge in [0.25, 0.3) is 0 Å². The maximum atomic E-state index is 4.38. The zero-order valence-corrected chi connectivity index (χ0v) is 6.88. The minimum absolute atomic E-state index is 0.0781. The van der Waals surface area contributed by atoms with Crippen molar-refractivity contribution in [1.82, 2.24) is 0 Å². The molecule has 1 aliphatic carbocycles. The Labute approximate surface area is 61.9 Å². The normalized spacial score (nSPS) is 34.1. The Kier molecular flexibility index (Phi) is 1.83. The van der Waals surface area contributed by atoms with Crippen LogP contribution >= 0.6 is 25.3 Å². The largest absolute Gasteiger partial charge is 0.162 e. The second-order valence-electron chi connectivity index (χ2n) is 2.52. The molecule has 48 valence electrons. The highest BCUT2D eigenvalue weighted by atomic mass is 32.2. The van der Waals surface area contributed by atoms with E-state index in [4.69, 9.17) is 0 Å². The van der Waals surface area contributed by atoms with E-state index in [9.17, 15) is 0 Å². The third-order valence-electron chi connectivity index (χ3n) is 2.01. The third kappa shape index (κ3) is 1.01. The molecule has 0 aliphatic heterocycles. The minimum atomic E-state index is 0.0781. The zero-order valence-electron chi connectivity index (χ0n) is 5.09. The van der Waals surface area contributed by atoms with Crippen LogP contribution in [-0.2, 0) is 0 Å². The Bertz CT molecular complexity index is 86.5. The van der Waals surface area contributed by atoms with E-state index in [1.807, 2.05) is 0 Å². The third-order valence-corrected chi connectivity index (χ3v) is 3.18. The van der Waals surface area contributed by atoms with E-state index in [1.54, 1.807) is 0 Å². The van der Waals surface area contributed by atoms with Gasteiger partial charge in [0.15, 0.2) is 0 Å². The van der Waals surface area contributed by atoms with Crippen molar-refractivity contribution in [2.75, 3.05) is 0 Å². The number of thiol groups is 2. The molecule has 8 heavy (non-hydrogen) atoms. The van der Waals surface area contributed by atoms with E-state index in [0.717, 1.165) is 5.92 Å². The summed E-state index contributed by atoms with van der Waals surface area (Å²) in [6, 6.07) is 0. The van der Waals surface area contributed by atoms with Crippen molar-refractivity contribution in [2.24, 2.45) is 5.92 Å². The van der Waals surface area contributed by atoms with Crippen LogP contribution in [0.4, 0.5) is 0 Å². The van der Waals surface area contributed by atoms with Crippen molar-refractivity contribution in [1.29, 1.82) is 0 Å². The lowest BCUT2D eigenvalue weighted by Gasteiger charge is -2.41. The molecule has 0 N–H and O–H groups in total. The number of hydrogen-bond acceptors (Lipinski definition) is 2. The molecule has 1 saturated carbocycles. The summed E-state index contributed by atoms with van der Waals surface area (Å²) in [5.74, 6) is 0.758. The lowest BCUT2D eigenvalue weighted by Crippen LogP contribution is -2.35. The smallest absolute Gasteiger partial charge is 0.0580 e. The van der Waals surface area contributed by atoms with Gasteiger partial charge in [0, 0.05) is 0 Å². The quantitative estimate of drug-likeness (QED) is 0.414. The Morgan fingerprint density at radius 2 is 2.25 bits per heavy atom. The fourth-order valence-corrected chi connectivity index (χ4v) is 2.02. The fraction of sp³-hybridized carbons (Fsp3) is 1.00. The SMILES string of the molecule is CCC1CCC1(S)S. The molecule has 0 radical (unpaired) electrons. The first-order valence-electron chi connectivity index (χ1n) is 3.11. The molecule has 1 rings (SSSR count). The first kappa shape index (κ1) is 6.81. The predicted molar refractivity (Wildman–Crippen MR) is 43.7 cm³/mol. The highest BCUT2D eigenvalue weighted by molar-refractivity contribution is 8.00. The second kappa shape index (κ2) is 2.14. The van der Waals surface area contributed by atoms with E-state index in [2.05, 4.69) is 32.2 Å². The topological polar surface area (TPSA) is 0 Å². The van der Waals surface area contributed by atoms with Gasteiger partial charge in [0.1, 0.15) is 0 Å². The summed E-state index contributed by atoms with van der Waals surface area (Å²) in [5, 5.41) is 0. The van der Waals surface area contributed by atoms with Gasteiger partial charge >= 0.3 is 0 Å². The van der Waals surface area contributed by atoms with Gasteiger partial charge in [0.2, 0.25) is 0 Å². The van der Waals surface area contributed by atoms with Gasteiger partial charge in [-0.15, -0.1) is 0 Å². The van der Waals surface area contributed by atoms with Crippen LogP contribution in [0.25, 0.3) is 0 Å². The second-order valence-corrected chi connectivity index (χ2v) is 4.47. The lowest BCUT2D eigenvalue weighted by molar-refractivity contribution is 0.298. The molecule has 0 amide bonds. The summed E-state index contributed by atoms with van der Waals surface area (Å²) < 4.78 is 0.0781. The van der Waals surface area contributed by atoms with Crippen molar-refractivity contribution in [3.8, 4) is 0 Å². The van der Waals surface area contributed by atoms with Crippen molar-refractivity contribution >= 4 is 25.3 Å². The van der Waals surface area contributed by atoms with E-state index in [1.165, 1.54) is 19.3 Å². The van der Waals surface area contributed by atoms with Crippen molar-refractivity contribution in [3.05, 3.63) is 0 Å². The number of hydrogen-bond donors (Lipinski definition) is 2. The van der Waals surface area contributed by atoms with Gasteiger partial charge in [-0.2, -0.15) is 25.3 Å². The summed E-state index contributed by atoms with van der Waals surface area (Å²) in [6.45, 7) is 2.20. The zero-order chi connectivity index (χ0) is 6.20. The average molecular weight is 148 g/mol. The van der Waals surface area contributed by atoms with E-state index >= 15 is 0 Å². The van der Waals surface area contributed by atoms with E-state index < -0.39 is 0 Å². The molecular weight excluding hydrogens is 136 g/mol. The molecule has 0 nitrogen and oxygen atoms in total. The summed E-state index contributed by atoms with van der Waals surface area (Å²) in [7, 11) is 0. The van der Waals surface area contributed by atoms with Gasteiger partial charge in [-0.05, 0) is 18.8 Å². The highest BCUT2D eigenvalue weighted by Gasteiger charge is 2.38. The van der Waals surface area contributed by atoms with Crippen LogP contribution in [0.3, 0.4) is 0 Å². The van der Waals surface area contributed by atoms with Crippen LogP contribution < -0.4 is 0 Å². The standard InChI is InChI=1S/C6H12S2/c1-2-5-3-4-6(5,7)8/h5,7-8H,2-4H2,1H3. The van der Waals surface area contributed by atoms with Crippen LogP contribution in [0.1, 0.15) is 26.2 Å². The fourth-order valence-electron chi connectivity index (χ4n) is 1.14. The molecule has 0 aromatic rings. The number of rotatable bonds is 1. The van der Waals surface area contributed by atoms with Crippen molar-refractivity contribution < 1.29 is 0 Å². The van der Waals surface area contributed by atoms with Crippen molar-refractivity contribution in [2.45, 2.75) is 30.3 Å². The molecule has 2 heteroatoms. The molecule has 0 spiro atoms. The molecule has 1 unspecified atom stereocenters. The monoisotopic (exact) mass is 148 g/mol. The Morgan fingerprint density at radius 1 is 1.62 bits per heavy atom. The summed E-state index contributed by atoms with van der Waals surface area (Å²) in [4.78, 5) is 0. The first-order valence-corrected chi connectivity index (χ1v) is 4.01. The maximum Gasteiger partial charge on any atom is 0.0580 e. The van der Waals surface area contributed by atoms with Crippen LogP contribution in [-0.4, -0.2) is 4.08 Å². The van der Waals surface area contributed by atoms with Crippen LogP contribution in [0.2, 0.25) is 0 Å². The summed E-state index contributed by atoms with van der Waals surface area (Å²) in [6.07, 6.45) is 3.73. The molecule has 0 aromatic carbocycles. The van der Waals surface area contributed by atoms with Gasteiger partial charge in [0.05, 0.1) is 4.08 Å². The summed E-state index contributed by atoms with van der Waals surface area (Å²) in [5.41, 5.74) is 0. The minimum Gasteiger partial charge on any atom is -0.162 e. The van der Waals surface area contributed by atoms with Gasteiger partial charge in [-0.3, -0.25) is 0 Å². The van der Waals surface area contributed by atoms with Crippen LogP contribution in [0.5, 0.6) is 0 Å². The molecule has 0 aromatic heterocycles. The van der Waals surface area contributed by atoms with Crippen molar-refractivity contribution in [3.63, 3.8) is 0 Å². The molecule has 1 aliphatic rings. The van der Waals surface area contributed by atoms with Gasteiger partial charge < -0.3 is 0 Å². The summed E-state index contributed by atoms with van der Waals surface area (Å²) >= 11 is 8.76. The van der Waals surface area contributed by atoms with E-state index in [0.29, 0.717) is 0 Å². The average Bonchev–Trinajstić information content (AvgIpc) is 1.66.